The van der Waals surface area contributed by atoms with Crippen LogP contribution in [0.3, 0.4) is 0 Å². The fourth-order valence-electron chi connectivity index (χ4n) is 2.28. The lowest BCUT2D eigenvalue weighted by molar-refractivity contribution is -0.275. The molecule has 0 spiro atoms. The van der Waals surface area contributed by atoms with Gasteiger partial charge >= 0.3 is 6.36 Å². The van der Waals surface area contributed by atoms with Crippen LogP contribution in [0, 0.1) is 5.82 Å². The number of carbonyl (C=O) groups is 2. The zero-order valence-corrected chi connectivity index (χ0v) is 15.0. The lowest BCUT2D eigenvalue weighted by atomic mass is 10.0. The molecule has 0 bridgehead atoms. The monoisotopic (exact) mass is 402 g/mol. The zero-order valence-electron chi connectivity index (χ0n) is 15.0. The van der Waals surface area contributed by atoms with Gasteiger partial charge in [-0.05, 0) is 13.0 Å². The fraction of sp³-hybridized carbons (Fsp3) is 0.353. The Morgan fingerprint density at radius 1 is 1.32 bits per heavy atom. The summed E-state index contributed by atoms with van der Waals surface area (Å²) in [6.07, 6.45) is -2.21. The SMILES string of the molecule is CCC(=O)NC1=CN=CC(C)(C(=O)NCc2cccc(OC(F)(F)F)c2F)N1. The van der Waals surface area contributed by atoms with Gasteiger partial charge in [-0.2, -0.15) is 0 Å². The number of nitrogens with zero attached hydrogens (tertiary/aromatic N) is 1. The first-order valence-electron chi connectivity index (χ1n) is 8.18. The van der Waals surface area contributed by atoms with Crippen LogP contribution in [0.2, 0.25) is 0 Å². The van der Waals surface area contributed by atoms with E-state index >= 15 is 0 Å². The molecule has 0 saturated carbocycles. The molecular formula is C17H18F4N4O3. The first-order valence-corrected chi connectivity index (χ1v) is 8.18. The number of benzene rings is 1. The van der Waals surface area contributed by atoms with Crippen LogP contribution >= 0.6 is 0 Å². The van der Waals surface area contributed by atoms with E-state index in [1.807, 2.05) is 0 Å². The van der Waals surface area contributed by atoms with Crippen molar-refractivity contribution in [1.29, 1.82) is 0 Å². The molecule has 0 fully saturated rings. The highest BCUT2D eigenvalue weighted by Gasteiger charge is 2.35. The van der Waals surface area contributed by atoms with Gasteiger partial charge in [-0.25, -0.2) is 4.39 Å². The number of hydrogen-bond acceptors (Lipinski definition) is 5. The van der Waals surface area contributed by atoms with Crippen molar-refractivity contribution in [1.82, 2.24) is 16.0 Å². The minimum Gasteiger partial charge on any atom is -0.403 e. The maximum absolute atomic E-state index is 14.2. The van der Waals surface area contributed by atoms with Gasteiger partial charge in [0.1, 0.15) is 5.82 Å². The molecule has 1 unspecified atom stereocenters. The lowest BCUT2D eigenvalue weighted by Gasteiger charge is -2.30. The minimum atomic E-state index is -5.04. The quantitative estimate of drug-likeness (QED) is 0.636. The Balaban J connectivity index is 2.04. The molecule has 28 heavy (non-hydrogen) atoms. The number of nitrogens with one attached hydrogen (secondary N) is 3. The number of alkyl halides is 3. The number of rotatable bonds is 6. The molecule has 11 heteroatoms. The largest absolute Gasteiger partial charge is 0.573 e. The van der Waals surface area contributed by atoms with Crippen LogP contribution in [0.15, 0.2) is 35.2 Å². The molecule has 1 aliphatic rings. The van der Waals surface area contributed by atoms with E-state index in [1.54, 1.807) is 6.92 Å². The van der Waals surface area contributed by atoms with E-state index in [0.717, 1.165) is 6.07 Å². The van der Waals surface area contributed by atoms with E-state index in [9.17, 15) is 27.2 Å². The molecule has 1 atom stereocenters. The summed E-state index contributed by atoms with van der Waals surface area (Å²) in [6.45, 7) is 2.74. The normalized spacial score (nSPS) is 18.7. The second kappa shape index (κ2) is 8.28. The van der Waals surface area contributed by atoms with Gasteiger partial charge in [0.15, 0.2) is 17.1 Å². The van der Waals surface area contributed by atoms with Gasteiger partial charge in [0.25, 0.3) is 5.91 Å². The summed E-state index contributed by atoms with van der Waals surface area (Å²) >= 11 is 0. The molecule has 3 N–H and O–H groups in total. The van der Waals surface area contributed by atoms with Gasteiger partial charge in [0.05, 0.1) is 6.20 Å². The van der Waals surface area contributed by atoms with Crippen LogP contribution in [0.5, 0.6) is 5.75 Å². The van der Waals surface area contributed by atoms with Gasteiger partial charge in [0.2, 0.25) is 5.91 Å². The maximum Gasteiger partial charge on any atom is 0.573 e. The third kappa shape index (κ3) is 5.44. The van der Waals surface area contributed by atoms with Crippen molar-refractivity contribution in [3.8, 4) is 5.75 Å². The molecule has 2 rings (SSSR count). The minimum absolute atomic E-state index is 0.193. The third-order valence-electron chi connectivity index (χ3n) is 3.71. The second-order valence-electron chi connectivity index (χ2n) is 6.01. The standard InChI is InChI=1S/C17H18F4N4O3/c1-3-13(26)24-12-8-22-9-16(2,25-12)15(27)23-7-10-5-4-6-11(14(10)18)28-17(19,20)21/h4-6,8-9,25H,3,7H2,1-2H3,(H,23,27)(H,24,26). The van der Waals surface area contributed by atoms with Crippen LogP contribution in [0.25, 0.3) is 0 Å². The average Bonchev–Trinajstić information content (AvgIpc) is 2.61. The third-order valence-corrected chi connectivity index (χ3v) is 3.71. The van der Waals surface area contributed by atoms with E-state index in [2.05, 4.69) is 25.7 Å². The van der Waals surface area contributed by atoms with Crippen LogP contribution in [-0.4, -0.2) is 29.9 Å². The molecule has 1 aromatic carbocycles. The molecule has 2 amide bonds. The van der Waals surface area contributed by atoms with Crippen molar-refractivity contribution in [3.05, 3.63) is 41.6 Å². The number of aliphatic imine (C=N–C) groups is 1. The van der Waals surface area contributed by atoms with E-state index in [0.29, 0.717) is 0 Å². The molecule has 0 aromatic heterocycles. The van der Waals surface area contributed by atoms with Gasteiger partial charge in [-0.15, -0.1) is 13.2 Å². The van der Waals surface area contributed by atoms with Crippen LogP contribution < -0.4 is 20.7 Å². The highest BCUT2D eigenvalue weighted by molar-refractivity contribution is 6.03. The molecule has 0 radical (unpaired) electrons. The Hall–Kier alpha value is -3.11. The Morgan fingerprint density at radius 3 is 2.68 bits per heavy atom. The molecule has 1 heterocycles. The summed E-state index contributed by atoms with van der Waals surface area (Å²) in [4.78, 5) is 27.8. The Labute approximate surface area is 157 Å². The average molecular weight is 402 g/mol. The lowest BCUT2D eigenvalue weighted by Crippen LogP contribution is -2.58. The van der Waals surface area contributed by atoms with Crippen molar-refractivity contribution in [2.24, 2.45) is 4.99 Å². The Morgan fingerprint density at radius 2 is 2.04 bits per heavy atom. The number of amides is 2. The first kappa shape index (κ1) is 21.2. The first-order chi connectivity index (χ1) is 13.0. The second-order valence-corrected chi connectivity index (χ2v) is 6.01. The number of halogens is 4. The molecule has 7 nitrogen and oxygen atoms in total. The molecule has 0 aliphatic carbocycles. The van der Waals surface area contributed by atoms with Crippen molar-refractivity contribution < 1.29 is 31.9 Å². The number of ether oxygens (including phenoxy) is 1. The van der Waals surface area contributed by atoms with E-state index in [4.69, 9.17) is 0 Å². The Bertz CT molecular complexity index is 823. The Kier molecular flexibility index (Phi) is 6.26. The van der Waals surface area contributed by atoms with E-state index in [-0.39, 0.29) is 30.3 Å². The molecule has 1 aromatic rings. The van der Waals surface area contributed by atoms with Gasteiger partial charge < -0.3 is 20.7 Å². The predicted octanol–water partition coefficient (Wildman–Crippen LogP) is 2.10. The van der Waals surface area contributed by atoms with Gasteiger partial charge in [-0.3, -0.25) is 14.6 Å². The summed E-state index contributed by atoms with van der Waals surface area (Å²) in [7, 11) is 0. The van der Waals surface area contributed by atoms with Gasteiger partial charge in [0, 0.05) is 24.7 Å². The zero-order chi connectivity index (χ0) is 20.9. The van der Waals surface area contributed by atoms with E-state index < -0.39 is 29.4 Å². The summed E-state index contributed by atoms with van der Waals surface area (Å²) in [5, 5.41) is 7.73. The van der Waals surface area contributed by atoms with Crippen LogP contribution in [-0.2, 0) is 16.1 Å². The smallest absolute Gasteiger partial charge is 0.403 e. The van der Waals surface area contributed by atoms with Crippen molar-refractivity contribution in [3.63, 3.8) is 0 Å². The highest BCUT2D eigenvalue weighted by atomic mass is 19.4. The molecule has 1 aliphatic heterocycles. The van der Waals surface area contributed by atoms with Crippen LogP contribution in [0.1, 0.15) is 25.8 Å². The van der Waals surface area contributed by atoms with Crippen LogP contribution in [0.4, 0.5) is 17.6 Å². The summed E-state index contributed by atoms with van der Waals surface area (Å²) in [5.74, 6) is -2.93. The summed E-state index contributed by atoms with van der Waals surface area (Å²) < 4.78 is 54.7. The van der Waals surface area contributed by atoms with Gasteiger partial charge in [-0.1, -0.05) is 19.1 Å². The van der Waals surface area contributed by atoms with E-state index in [1.165, 1.54) is 31.5 Å². The number of hydrogen-bond donors (Lipinski definition) is 3. The van der Waals surface area contributed by atoms with Crippen molar-refractivity contribution >= 4 is 18.0 Å². The summed E-state index contributed by atoms with van der Waals surface area (Å²) in [5.41, 5.74) is -1.55. The predicted molar refractivity (Wildman–Crippen MR) is 91.5 cm³/mol. The van der Waals surface area contributed by atoms with Crippen molar-refractivity contribution in [2.75, 3.05) is 0 Å². The van der Waals surface area contributed by atoms with Crippen molar-refractivity contribution in [2.45, 2.75) is 38.7 Å². The molecule has 0 saturated heterocycles. The molecule has 152 valence electrons. The maximum atomic E-state index is 14.2. The summed E-state index contributed by atoms with van der Waals surface area (Å²) in [6, 6.07) is 3.23. The topological polar surface area (TPSA) is 91.8 Å². The number of carbonyl (C=O) groups excluding carboxylic acids is 2. The highest BCUT2D eigenvalue weighted by Crippen LogP contribution is 2.27. The fourth-order valence-corrected chi connectivity index (χ4v) is 2.28. The molecular weight excluding hydrogens is 384 g/mol.